The maximum absolute atomic E-state index is 12.6. The number of halogens is 1. The molecule has 1 aliphatic carbocycles. The van der Waals surface area contributed by atoms with Crippen molar-refractivity contribution in [2.45, 2.75) is 57.9 Å². The van der Waals surface area contributed by atoms with Crippen LogP contribution in [0.5, 0.6) is 0 Å². The first-order valence-corrected chi connectivity index (χ1v) is 13.8. The van der Waals surface area contributed by atoms with Gasteiger partial charge in [0.2, 0.25) is 11.8 Å². The number of aromatic nitrogens is 2. The van der Waals surface area contributed by atoms with E-state index >= 15 is 0 Å². The van der Waals surface area contributed by atoms with E-state index in [1.54, 1.807) is 11.9 Å². The van der Waals surface area contributed by atoms with Gasteiger partial charge in [0.15, 0.2) is 0 Å². The molecule has 0 radical (unpaired) electrons. The lowest BCUT2D eigenvalue weighted by Crippen LogP contribution is -2.40. The summed E-state index contributed by atoms with van der Waals surface area (Å²) in [6.45, 7) is 2.02. The second-order valence-corrected chi connectivity index (χ2v) is 10.7. The predicted molar refractivity (Wildman–Crippen MR) is 155 cm³/mol. The average Bonchev–Trinajstić information content (AvgIpc) is 3.40. The number of likely N-dealkylation sites (N-methyl/N-ethyl adjacent to an activating group) is 1. The smallest absolute Gasteiger partial charge is 0.308 e. The number of carbonyl (C=O) groups is 3. The zero-order valence-electron chi connectivity index (χ0n) is 22.7. The molecule has 10 heteroatoms. The fourth-order valence-corrected chi connectivity index (χ4v) is 5.05. The Morgan fingerprint density at radius 2 is 1.60 bits per heavy atom. The second-order valence-electron chi connectivity index (χ2n) is 10.3. The lowest BCUT2D eigenvalue weighted by molar-refractivity contribution is -0.136. The van der Waals surface area contributed by atoms with Gasteiger partial charge in [-0.2, -0.15) is 0 Å². The number of aryl methyl sites for hydroxylation is 1. The Labute approximate surface area is 239 Å². The van der Waals surface area contributed by atoms with Crippen molar-refractivity contribution < 1.29 is 19.5 Å². The number of nitrogens with zero attached hydrogens (tertiary/aromatic N) is 3. The van der Waals surface area contributed by atoms with Crippen LogP contribution >= 0.6 is 11.6 Å². The molecule has 0 saturated heterocycles. The Hall–Kier alpha value is -3.98. The van der Waals surface area contributed by atoms with Crippen LogP contribution in [0.1, 0.15) is 53.8 Å². The third kappa shape index (κ3) is 8.26. The summed E-state index contributed by atoms with van der Waals surface area (Å²) in [5.74, 6) is -0.604. The molecule has 4 rings (SSSR count). The number of carbonyl (C=O) groups excluding carboxylic acids is 2. The van der Waals surface area contributed by atoms with Crippen LogP contribution in [0.4, 0.5) is 11.5 Å². The van der Waals surface area contributed by atoms with E-state index in [1.807, 2.05) is 55.5 Å². The van der Waals surface area contributed by atoms with Crippen LogP contribution in [0.25, 0.3) is 0 Å². The van der Waals surface area contributed by atoms with E-state index in [1.165, 1.54) is 0 Å². The first-order valence-electron chi connectivity index (χ1n) is 13.4. The van der Waals surface area contributed by atoms with Gasteiger partial charge in [-0.1, -0.05) is 66.4 Å². The van der Waals surface area contributed by atoms with Crippen LogP contribution in [0.15, 0.2) is 48.5 Å². The molecule has 40 heavy (non-hydrogen) atoms. The van der Waals surface area contributed by atoms with Crippen LogP contribution < -0.4 is 15.5 Å². The molecule has 1 saturated carbocycles. The summed E-state index contributed by atoms with van der Waals surface area (Å²) < 4.78 is 0. The molecule has 0 unspecified atom stereocenters. The molecule has 9 nitrogen and oxygen atoms in total. The van der Waals surface area contributed by atoms with Crippen LogP contribution in [0, 0.1) is 6.92 Å². The van der Waals surface area contributed by atoms with Gasteiger partial charge >= 0.3 is 5.97 Å². The summed E-state index contributed by atoms with van der Waals surface area (Å²) >= 11 is 6.43. The van der Waals surface area contributed by atoms with E-state index in [0.29, 0.717) is 23.8 Å². The lowest BCUT2D eigenvalue weighted by atomic mass is 10.1. The maximum atomic E-state index is 12.6. The predicted octanol–water partition coefficient (Wildman–Crippen LogP) is 4.33. The van der Waals surface area contributed by atoms with Crippen molar-refractivity contribution in [2.75, 3.05) is 23.8 Å². The number of benzene rings is 2. The molecule has 0 spiro atoms. The molecule has 1 heterocycles. The first-order chi connectivity index (χ1) is 19.2. The fraction of sp³-hybridized carbons (Fsp3) is 0.367. The Bertz CT molecular complexity index is 1360. The lowest BCUT2D eigenvalue weighted by Gasteiger charge is -2.22. The number of hydrogen-bond donors (Lipinski definition) is 3. The van der Waals surface area contributed by atoms with Gasteiger partial charge in [-0.25, -0.2) is 9.97 Å². The minimum atomic E-state index is -1.07. The molecule has 3 N–H and O–H groups in total. The van der Waals surface area contributed by atoms with E-state index in [-0.39, 0.29) is 48.0 Å². The highest BCUT2D eigenvalue weighted by molar-refractivity contribution is 6.30. The summed E-state index contributed by atoms with van der Waals surface area (Å²) in [4.78, 5) is 47.1. The van der Waals surface area contributed by atoms with Gasteiger partial charge in [0.1, 0.15) is 16.8 Å². The van der Waals surface area contributed by atoms with Crippen molar-refractivity contribution in [3.05, 3.63) is 81.8 Å². The van der Waals surface area contributed by atoms with E-state index in [2.05, 4.69) is 20.6 Å². The van der Waals surface area contributed by atoms with Gasteiger partial charge in [0.25, 0.3) is 0 Å². The number of aliphatic carboxylic acids is 1. The molecule has 0 atom stereocenters. The van der Waals surface area contributed by atoms with Crippen molar-refractivity contribution in [1.82, 2.24) is 15.3 Å². The highest BCUT2D eigenvalue weighted by atomic mass is 35.5. The van der Waals surface area contributed by atoms with Crippen LogP contribution in [0.3, 0.4) is 0 Å². The number of hydrogen-bond acceptors (Lipinski definition) is 6. The standard InChI is InChI=1S/C30H34ClN5O4/c1-19-7-9-21(10-8-19)16-26(37)32-23-13-11-20(12-14-23)15-25-34-29(31)24(17-28(39)40)30(35-25)36(2)18-27(38)33-22-5-3-4-6-22/h7-14,22H,3-6,15-18H2,1-2H3,(H,32,37)(H,33,38)(H,39,40). The van der Waals surface area contributed by atoms with Gasteiger partial charge in [0, 0.05) is 30.8 Å². The highest BCUT2D eigenvalue weighted by Crippen LogP contribution is 2.26. The topological polar surface area (TPSA) is 125 Å². The van der Waals surface area contributed by atoms with Gasteiger partial charge in [-0.15, -0.1) is 0 Å². The average molecular weight is 564 g/mol. The third-order valence-corrected chi connectivity index (χ3v) is 7.17. The number of nitrogens with one attached hydrogen (secondary N) is 2. The third-order valence-electron chi connectivity index (χ3n) is 6.86. The van der Waals surface area contributed by atoms with E-state index < -0.39 is 5.97 Å². The van der Waals surface area contributed by atoms with Gasteiger partial charge in [-0.3, -0.25) is 14.4 Å². The number of amides is 2. The number of carboxylic acids is 1. The zero-order valence-corrected chi connectivity index (χ0v) is 23.5. The zero-order chi connectivity index (χ0) is 28.6. The molecule has 3 aromatic rings. The minimum Gasteiger partial charge on any atom is -0.481 e. The largest absolute Gasteiger partial charge is 0.481 e. The number of rotatable bonds is 11. The highest BCUT2D eigenvalue weighted by Gasteiger charge is 2.22. The molecule has 2 aromatic carbocycles. The van der Waals surface area contributed by atoms with Crippen molar-refractivity contribution in [3.63, 3.8) is 0 Å². The van der Waals surface area contributed by atoms with E-state index in [9.17, 15) is 19.5 Å². The SMILES string of the molecule is Cc1ccc(CC(=O)Nc2ccc(Cc3nc(Cl)c(CC(=O)O)c(N(C)CC(=O)NC4CCCC4)n3)cc2)cc1. The molecule has 1 aromatic heterocycles. The molecule has 1 fully saturated rings. The van der Waals surface area contributed by atoms with E-state index in [4.69, 9.17) is 11.6 Å². The summed E-state index contributed by atoms with van der Waals surface area (Å²) in [5.41, 5.74) is 3.90. The monoisotopic (exact) mass is 563 g/mol. The molecule has 210 valence electrons. The molecule has 0 bridgehead atoms. The van der Waals surface area contributed by atoms with Crippen molar-refractivity contribution >= 4 is 40.9 Å². The van der Waals surface area contributed by atoms with Crippen LogP contribution in [-0.4, -0.2) is 52.5 Å². The van der Waals surface area contributed by atoms with E-state index in [0.717, 1.165) is 42.4 Å². The van der Waals surface area contributed by atoms with Gasteiger partial charge in [0.05, 0.1) is 19.4 Å². The maximum Gasteiger partial charge on any atom is 0.308 e. The summed E-state index contributed by atoms with van der Waals surface area (Å²) in [5, 5.41) is 15.4. The fourth-order valence-electron chi connectivity index (χ4n) is 4.80. The minimum absolute atomic E-state index is 0.0207. The quantitative estimate of drug-likeness (QED) is 0.296. The molecule has 1 aliphatic rings. The van der Waals surface area contributed by atoms with Crippen LogP contribution in [0.2, 0.25) is 5.15 Å². The van der Waals surface area contributed by atoms with Crippen molar-refractivity contribution in [1.29, 1.82) is 0 Å². The van der Waals surface area contributed by atoms with Gasteiger partial charge < -0.3 is 20.6 Å². The second kappa shape index (κ2) is 13.4. The normalized spacial score (nSPS) is 13.2. The Kier molecular flexibility index (Phi) is 9.71. The van der Waals surface area contributed by atoms with Crippen molar-refractivity contribution in [3.8, 4) is 0 Å². The summed E-state index contributed by atoms with van der Waals surface area (Å²) in [7, 11) is 1.69. The van der Waals surface area contributed by atoms with Crippen LogP contribution in [-0.2, 0) is 33.6 Å². The summed E-state index contributed by atoms with van der Waals surface area (Å²) in [6.07, 6.45) is 4.41. The number of anilines is 2. The Morgan fingerprint density at radius 1 is 0.950 bits per heavy atom. The molecular formula is C30H34ClN5O4. The van der Waals surface area contributed by atoms with Gasteiger partial charge in [-0.05, 0) is 43.0 Å². The molecule has 0 aliphatic heterocycles. The Balaban J connectivity index is 1.43. The Morgan fingerprint density at radius 3 is 2.25 bits per heavy atom. The molecule has 2 amide bonds. The first kappa shape index (κ1) is 29.0. The van der Waals surface area contributed by atoms with Crippen molar-refractivity contribution in [2.24, 2.45) is 0 Å². The summed E-state index contributed by atoms with van der Waals surface area (Å²) in [6, 6.07) is 15.4. The molecular weight excluding hydrogens is 530 g/mol. The number of carboxylic acid groups (broad SMARTS) is 1.